The molecular weight excluding hydrogens is 294 g/mol. The Balaban J connectivity index is 3.50. The Hall–Kier alpha value is 0.630. The molecule has 0 bridgehead atoms. The number of hydrogen-bond acceptors (Lipinski definition) is 2. The summed E-state index contributed by atoms with van der Waals surface area (Å²) in [5.74, 6) is -0.836. The van der Waals surface area contributed by atoms with Crippen LogP contribution in [0.25, 0.3) is 0 Å². The number of esters is 1. The third-order valence-electron chi connectivity index (χ3n) is 2.00. The lowest BCUT2D eigenvalue weighted by molar-refractivity contribution is -0.142. The normalized spacial score (nSPS) is 13.6. The van der Waals surface area contributed by atoms with Gasteiger partial charge in [-0.2, -0.15) is 0 Å². The molecule has 16 heavy (non-hydrogen) atoms. The Kier molecular flexibility index (Phi) is 9.02. The maximum atomic E-state index is 11.0. The topological polar surface area (TPSA) is 26.3 Å². The van der Waals surface area contributed by atoms with Crippen LogP contribution in [0.1, 0.15) is 39.0 Å². The second-order valence-corrected chi connectivity index (χ2v) is 6.41. The summed E-state index contributed by atoms with van der Waals surface area (Å²) in [6.07, 6.45) is 4.71. The molecule has 0 aromatic carbocycles. The minimum Gasteiger partial charge on any atom is -0.463 e. The monoisotopic (exact) mass is 308 g/mol. The van der Waals surface area contributed by atoms with Crippen molar-refractivity contribution in [1.29, 1.82) is 0 Å². The van der Waals surface area contributed by atoms with Crippen molar-refractivity contribution in [3.05, 3.63) is 0 Å². The molecule has 6 heteroatoms. The third-order valence-corrected chi connectivity index (χ3v) is 2.90. The molecule has 0 saturated carbocycles. The highest BCUT2D eigenvalue weighted by Gasteiger charge is 2.32. The second kappa shape index (κ2) is 8.68. The summed E-state index contributed by atoms with van der Waals surface area (Å²) < 4.78 is 2.78. The van der Waals surface area contributed by atoms with Crippen molar-refractivity contribution in [3.8, 4) is 0 Å². The molecule has 0 aliphatic rings. The summed E-state index contributed by atoms with van der Waals surface area (Å²) >= 11 is 22.0. The van der Waals surface area contributed by atoms with Gasteiger partial charge in [-0.25, -0.2) is 4.79 Å². The van der Waals surface area contributed by atoms with E-state index in [9.17, 15) is 4.79 Å². The van der Waals surface area contributed by atoms with Crippen LogP contribution in [0.15, 0.2) is 0 Å². The van der Waals surface area contributed by atoms with Crippen LogP contribution < -0.4 is 0 Å². The number of hydrogen-bond donors (Lipinski definition) is 0. The highest BCUT2D eigenvalue weighted by molar-refractivity contribution is 6.75. The van der Waals surface area contributed by atoms with Crippen molar-refractivity contribution in [2.75, 3.05) is 6.61 Å². The number of ether oxygens (including phenoxy) is 1. The van der Waals surface area contributed by atoms with Gasteiger partial charge in [0.15, 0.2) is 0 Å². The fourth-order valence-electron chi connectivity index (χ4n) is 1.12. The molecule has 0 aliphatic carbocycles. The van der Waals surface area contributed by atoms with E-state index in [1.54, 1.807) is 0 Å². The zero-order chi connectivity index (χ0) is 12.6. The zero-order valence-corrected chi connectivity index (χ0v) is 12.2. The van der Waals surface area contributed by atoms with Crippen molar-refractivity contribution >= 4 is 52.4 Å². The van der Waals surface area contributed by atoms with Crippen LogP contribution in [0, 0.1) is 0 Å². The minimum absolute atomic E-state index is 0.131. The largest absolute Gasteiger partial charge is 0.463 e. The first kappa shape index (κ1) is 16.6. The number of halogens is 4. The number of carbonyl (C=O) groups is 1. The fourth-order valence-corrected chi connectivity index (χ4v) is 1.59. The van der Waals surface area contributed by atoms with Gasteiger partial charge in [0.25, 0.3) is 3.79 Å². The predicted molar refractivity (Wildman–Crippen MR) is 69.6 cm³/mol. The van der Waals surface area contributed by atoms with Gasteiger partial charge in [0.05, 0.1) is 6.61 Å². The summed E-state index contributed by atoms with van der Waals surface area (Å²) in [6.45, 7) is 2.36. The standard InChI is InChI=1S/C10H16Cl4O2/c1-2-3-5-8(11)6-4-7-16-9(15)10(12,13)14/h8H,2-7H2,1H3. The summed E-state index contributed by atoms with van der Waals surface area (Å²) in [6, 6.07) is 0. The van der Waals surface area contributed by atoms with E-state index in [4.69, 9.17) is 51.1 Å². The van der Waals surface area contributed by atoms with E-state index in [1.807, 2.05) is 0 Å². The summed E-state index contributed by atoms with van der Waals surface area (Å²) in [5, 5.41) is 0.131. The molecular formula is C10H16Cl4O2. The quantitative estimate of drug-likeness (QED) is 0.394. The molecule has 0 N–H and O–H groups in total. The Bertz CT molecular complexity index is 203. The van der Waals surface area contributed by atoms with Gasteiger partial charge in [-0.1, -0.05) is 54.6 Å². The fraction of sp³-hybridized carbons (Fsp3) is 0.900. The lowest BCUT2D eigenvalue weighted by Crippen LogP contribution is -2.22. The van der Waals surface area contributed by atoms with E-state index in [1.165, 1.54) is 0 Å². The van der Waals surface area contributed by atoms with Crippen LogP contribution in [0.3, 0.4) is 0 Å². The molecule has 0 saturated heterocycles. The lowest BCUT2D eigenvalue weighted by Gasteiger charge is -2.11. The van der Waals surface area contributed by atoms with Crippen molar-refractivity contribution in [3.63, 3.8) is 0 Å². The molecule has 1 unspecified atom stereocenters. The van der Waals surface area contributed by atoms with E-state index < -0.39 is 9.76 Å². The van der Waals surface area contributed by atoms with Gasteiger partial charge in [-0.15, -0.1) is 11.6 Å². The van der Waals surface area contributed by atoms with Crippen molar-refractivity contribution in [1.82, 2.24) is 0 Å². The first-order valence-corrected chi connectivity index (χ1v) is 6.83. The molecule has 0 rings (SSSR count). The van der Waals surface area contributed by atoms with E-state index in [-0.39, 0.29) is 12.0 Å². The van der Waals surface area contributed by atoms with Gasteiger partial charge >= 0.3 is 5.97 Å². The van der Waals surface area contributed by atoms with Crippen LogP contribution in [0.4, 0.5) is 0 Å². The molecule has 0 spiro atoms. The van der Waals surface area contributed by atoms with E-state index in [0.29, 0.717) is 6.42 Å². The molecule has 96 valence electrons. The molecule has 0 aromatic heterocycles. The number of carbonyl (C=O) groups excluding carboxylic acids is 1. The van der Waals surface area contributed by atoms with Gasteiger partial charge in [-0.05, 0) is 19.3 Å². The molecule has 2 nitrogen and oxygen atoms in total. The maximum absolute atomic E-state index is 11.0. The minimum atomic E-state index is -1.98. The Morgan fingerprint density at radius 3 is 2.31 bits per heavy atom. The van der Waals surface area contributed by atoms with Gasteiger partial charge in [0, 0.05) is 5.38 Å². The van der Waals surface area contributed by atoms with Gasteiger partial charge in [0.1, 0.15) is 0 Å². The molecule has 0 aromatic rings. The van der Waals surface area contributed by atoms with Crippen LogP contribution in [0.2, 0.25) is 0 Å². The number of unbranched alkanes of at least 4 members (excludes halogenated alkanes) is 1. The maximum Gasteiger partial charge on any atom is 0.358 e. The highest BCUT2D eigenvalue weighted by Crippen LogP contribution is 2.27. The first-order chi connectivity index (χ1) is 7.38. The van der Waals surface area contributed by atoms with Crippen molar-refractivity contribution in [2.24, 2.45) is 0 Å². The van der Waals surface area contributed by atoms with E-state index >= 15 is 0 Å². The van der Waals surface area contributed by atoms with Gasteiger partial charge in [-0.3, -0.25) is 0 Å². The van der Waals surface area contributed by atoms with Crippen LogP contribution in [-0.2, 0) is 9.53 Å². The van der Waals surface area contributed by atoms with E-state index in [2.05, 4.69) is 6.92 Å². The van der Waals surface area contributed by atoms with Crippen LogP contribution >= 0.6 is 46.4 Å². The predicted octanol–water partition coefficient (Wildman–Crippen LogP) is 4.48. The SMILES string of the molecule is CCCCC(Cl)CCCOC(=O)C(Cl)(Cl)Cl. The first-order valence-electron chi connectivity index (χ1n) is 5.26. The average molecular weight is 310 g/mol. The van der Waals surface area contributed by atoms with Crippen molar-refractivity contribution < 1.29 is 9.53 Å². The number of alkyl halides is 4. The Labute approximate surface area is 117 Å². The second-order valence-electron chi connectivity index (χ2n) is 3.52. The summed E-state index contributed by atoms with van der Waals surface area (Å²) in [5.41, 5.74) is 0. The van der Waals surface area contributed by atoms with Gasteiger partial charge < -0.3 is 4.74 Å². The average Bonchev–Trinajstić information content (AvgIpc) is 2.19. The zero-order valence-electron chi connectivity index (χ0n) is 9.15. The summed E-state index contributed by atoms with van der Waals surface area (Å²) in [7, 11) is 0. The van der Waals surface area contributed by atoms with Crippen LogP contribution in [-0.4, -0.2) is 21.7 Å². The van der Waals surface area contributed by atoms with Crippen LogP contribution in [0.5, 0.6) is 0 Å². The molecule has 0 amide bonds. The number of rotatable bonds is 7. The Morgan fingerprint density at radius 2 is 1.81 bits per heavy atom. The molecule has 1 atom stereocenters. The Morgan fingerprint density at radius 1 is 1.25 bits per heavy atom. The van der Waals surface area contributed by atoms with Crippen molar-refractivity contribution in [2.45, 2.75) is 48.2 Å². The van der Waals surface area contributed by atoms with E-state index in [0.717, 1.165) is 25.7 Å². The third kappa shape index (κ3) is 8.74. The highest BCUT2D eigenvalue weighted by atomic mass is 35.6. The smallest absolute Gasteiger partial charge is 0.358 e. The van der Waals surface area contributed by atoms with Gasteiger partial charge in [0.2, 0.25) is 0 Å². The lowest BCUT2D eigenvalue weighted by atomic mass is 10.1. The molecule has 0 radical (unpaired) electrons. The molecule has 0 fully saturated rings. The molecule has 0 aliphatic heterocycles. The molecule has 0 heterocycles. The summed E-state index contributed by atoms with van der Waals surface area (Å²) in [4.78, 5) is 11.0.